The average molecular weight is 364 g/mol. The molecular formula is C19H20N6S. The van der Waals surface area contributed by atoms with Crippen LogP contribution in [0.4, 0.5) is 17.6 Å². The van der Waals surface area contributed by atoms with Crippen molar-refractivity contribution in [3.05, 3.63) is 60.0 Å². The number of nitrogens with zero attached hydrogens (tertiary/aromatic N) is 5. The van der Waals surface area contributed by atoms with Crippen LogP contribution in [0.25, 0.3) is 0 Å². The third-order valence-electron chi connectivity index (χ3n) is 4.31. The number of nitrogens with two attached hydrogens (primary N) is 1. The SMILES string of the molecule is C[C@H](Sc1ccccn1)c1nc(N)nc(N2CCCc3ccccc32)n1. The van der Waals surface area contributed by atoms with Gasteiger partial charge < -0.3 is 10.6 Å². The van der Waals surface area contributed by atoms with Crippen molar-refractivity contribution in [3.63, 3.8) is 0 Å². The number of rotatable bonds is 4. The minimum absolute atomic E-state index is 0.0222. The molecule has 0 amide bonds. The van der Waals surface area contributed by atoms with Crippen LogP contribution in [0.1, 0.15) is 30.0 Å². The van der Waals surface area contributed by atoms with Gasteiger partial charge in [0.25, 0.3) is 0 Å². The molecular weight excluding hydrogens is 344 g/mol. The summed E-state index contributed by atoms with van der Waals surface area (Å²) in [6, 6.07) is 14.2. The molecule has 0 unspecified atom stereocenters. The first-order chi connectivity index (χ1) is 12.7. The van der Waals surface area contributed by atoms with Crippen LogP contribution in [-0.4, -0.2) is 26.5 Å². The van der Waals surface area contributed by atoms with E-state index in [2.05, 4.69) is 45.0 Å². The largest absolute Gasteiger partial charge is 0.368 e. The highest BCUT2D eigenvalue weighted by atomic mass is 32.2. The van der Waals surface area contributed by atoms with Crippen LogP contribution in [0.3, 0.4) is 0 Å². The van der Waals surface area contributed by atoms with Gasteiger partial charge in [-0.15, -0.1) is 0 Å². The minimum atomic E-state index is 0.0222. The first-order valence-corrected chi connectivity index (χ1v) is 9.53. The number of anilines is 3. The number of hydrogen-bond acceptors (Lipinski definition) is 7. The van der Waals surface area contributed by atoms with E-state index >= 15 is 0 Å². The highest BCUT2D eigenvalue weighted by Gasteiger charge is 2.22. The monoisotopic (exact) mass is 364 g/mol. The quantitative estimate of drug-likeness (QED) is 0.705. The maximum Gasteiger partial charge on any atom is 0.235 e. The Morgan fingerprint density at radius 1 is 1.08 bits per heavy atom. The normalized spacial score (nSPS) is 14.7. The summed E-state index contributed by atoms with van der Waals surface area (Å²) in [5, 5.41) is 0.956. The van der Waals surface area contributed by atoms with Crippen molar-refractivity contribution in [1.29, 1.82) is 0 Å². The first-order valence-electron chi connectivity index (χ1n) is 8.65. The van der Waals surface area contributed by atoms with Crippen LogP contribution in [0.5, 0.6) is 0 Å². The third kappa shape index (κ3) is 3.48. The van der Waals surface area contributed by atoms with Crippen molar-refractivity contribution in [1.82, 2.24) is 19.9 Å². The lowest BCUT2D eigenvalue weighted by atomic mass is 10.0. The molecule has 3 aromatic rings. The predicted molar refractivity (Wildman–Crippen MR) is 105 cm³/mol. The Hall–Kier alpha value is -2.67. The lowest BCUT2D eigenvalue weighted by Crippen LogP contribution is -2.27. The number of nitrogen functional groups attached to an aromatic ring is 1. The molecule has 1 aliphatic rings. The molecule has 0 fully saturated rings. The van der Waals surface area contributed by atoms with Crippen LogP contribution >= 0.6 is 11.8 Å². The number of hydrogen-bond donors (Lipinski definition) is 1. The second-order valence-electron chi connectivity index (χ2n) is 6.16. The fourth-order valence-corrected chi connectivity index (χ4v) is 3.94. The van der Waals surface area contributed by atoms with E-state index < -0.39 is 0 Å². The van der Waals surface area contributed by atoms with Crippen molar-refractivity contribution < 1.29 is 0 Å². The van der Waals surface area contributed by atoms with Gasteiger partial charge in [-0.1, -0.05) is 36.0 Å². The molecule has 1 aromatic carbocycles. The predicted octanol–water partition coefficient (Wildman–Crippen LogP) is 3.79. The molecule has 2 N–H and O–H groups in total. The molecule has 2 aromatic heterocycles. The smallest absolute Gasteiger partial charge is 0.235 e. The van der Waals surface area contributed by atoms with E-state index in [1.807, 2.05) is 24.3 Å². The van der Waals surface area contributed by atoms with Gasteiger partial charge in [-0.05, 0) is 43.5 Å². The van der Waals surface area contributed by atoms with Crippen molar-refractivity contribution in [2.24, 2.45) is 0 Å². The van der Waals surface area contributed by atoms with Gasteiger partial charge in [-0.25, -0.2) is 4.98 Å². The molecule has 4 rings (SSSR count). The van der Waals surface area contributed by atoms with Gasteiger partial charge in [0.2, 0.25) is 11.9 Å². The topological polar surface area (TPSA) is 80.8 Å². The van der Waals surface area contributed by atoms with Crippen LogP contribution in [0, 0.1) is 0 Å². The summed E-state index contributed by atoms with van der Waals surface area (Å²) >= 11 is 1.61. The van der Waals surface area contributed by atoms with Gasteiger partial charge in [-0.2, -0.15) is 15.0 Å². The van der Waals surface area contributed by atoms with E-state index in [1.54, 1.807) is 18.0 Å². The maximum absolute atomic E-state index is 6.00. The Morgan fingerprint density at radius 3 is 2.77 bits per heavy atom. The molecule has 0 spiro atoms. The fraction of sp³-hybridized carbons (Fsp3) is 0.263. The highest BCUT2D eigenvalue weighted by molar-refractivity contribution is 7.99. The van der Waals surface area contributed by atoms with Crippen LogP contribution < -0.4 is 10.6 Å². The average Bonchev–Trinajstić information content (AvgIpc) is 2.68. The summed E-state index contributed by atoms with van der Waals surface area (Å²) in [6.45, 7) is 2.93. The molecule has 0 saturated heterocycles. The Balaban J connectivity index is 1.65. The lowest BCUT2D eigenvalue weighted by Gasteiger charge is -2.29. The summed E-state index contributed by atoms with van der Waals surface area (Å²) in [5.41, 5.74) is 8.47. The molecule has 0 radical (unpaired) electrons. The number of thioether (sulfide) groups is 1. The number of aromatic nitrogens is 4. The Kier molecular flexibility index (Phi) is 4.71. The number of para-hydroxylation sites is 1. The zero-order valence-corrected chi connectivity index (χ0v) is 15.4. The van der Waals surface area contributed by atoms with E-state index in [-0.39, 0.29) is 11.2 Å². The van der Waals surface area contributed by atoms with Crippen molar-refractivity contribution in [3.8, 4) is 0 Å². The van der Waals surface area contributed by atoms with Gasteiger partial charge in [0.05, 0.1) is 10.3 Å². The van der Waals surface area contributed by atoms with Gasteiger partial charge in [0.15, 0.2) is 0 Å². The molecule has 7 heteroatoms. The molecule has 0 aliphatic carbocycles. The maximum atomic E-state index is 6.00. The van der Waals surface area contributed by atoms with E-state index in [1.165, 1.54) is 5.56 Å². The third-order valence-corrected chi connectivity index (χ3v) is 5.36. The standard InChI is InChI=1S/C19H20N6S/c1-13(26-16-10-4-5-11-21-16)17-22-18(20)24-19(23-17)25-12-6-8-14-7-2-3-9-15(14)25/h2-5,7,9-11,13H,6,8,12H2,1H3,(H2,20,22,23,24)/t13-/m0/s1. The molecule has 1 aliphatic heterocycles. The van der Waals surface area contributed by atoms with Gasteiger partial charge in [0.1, 0.15) is 5.82 Å². The van der Waals surface area contributed by atoms with E-state index in [4.69, 9.17) is 10.7 Å². The van der Waals surface area contributed by atoms with Crippen LogP contribution in [-0.2, 0) is 6.42 Å². The Morgan fingerprint density at radius 2 is 1.92 bits per heavy atom. The van der Waals surface area contributed by atoms with E-state index in [0.717, 1.165) is 30.1 Å². The molecule has 132 valence electrons. The molecule has 6 nitrogen and oxygen atoms in total. The second-order valence-corrected chi connectivity index (χ2v) is 7.52. The minimum Gasteiger partial charge on any atom is -0.368 e. The summed E-state index contributed by atoms with van der Waals surface area (Å²) in [5.74, 6) is 1.54. The lowest BCUT2D eigenvalue weighted by molar-refractivity contribution is 0.741. The van der Waals surface area contributed by atoms with Gasteiger partial charge >= 0.3 is 0 Å². The summed E-state index contributed by atoms with van der Waals surface area (Å²) < 4.78 is 0. The molecule has 0 bridgehead atoms. The summed E-state index contributed by atoms with van der Waals surface area (Å²) in [4.78, 5) is 20.0. The number of benzene rings is 1. The van der Waals surface area contributed by atoms with Crippen molar-refractivity contribution in [2.45, 2.75) is 30.0 Å². The zero-order valence-electron chi connectivity index (χ0n) is 14.5. The molecule has 3 heterocycles. The molecule has 1 atom stereocenters. The fourth-order valence-electron chi connectivity index (χ4n) is 3.09. The molecule has 26 heavy (non-hydrogen) atoms. The van der Waals surface area contributed by atoms with E-state index in [9.17, 15) is 0 Å². The van der Waals surface area contributed by atoms with E-state index in [0.29, 0.717) is 11.8 Å². The number of pyridine rings is 1. The Labute approximate surface area is 156 Å². The van der Waals surface area contributed by atoms with Gasteiger partial charge in [-0.3, -0.25) is 0 Å². The second kappa shape index (κ2) is 7.29. The van der Waals surface area contributed by atoms with Crippen LogP contribution in [0.2, 0.25) is 0 Å². The first kappa shape index (κ1) is 16.8. The Bertz CT molecular complexity index is 902. The number of fused-ring (bicyclic) bond motifs is 1. The summed E-state index contributed by atoms with van der Waals surface area (Å²) in [7, 11) is 0. The zero-order chi connectivity index (χ0) is 17.9. The summed E-state index contributed by atoms with van der Waals surface area (Å²) in [6.07, 6.45) is 3.93. The highest BCUT2D eigenvalue weighted by Crippen LogP contribution is 2.35. The van der Waals surface area contributed by atoms with Crippen molar-refractivity contribution in [2.75, 3.05) is 17.2 Å². The van der Waals surface area contributed by atoms with Crippen LogP contribution in [0.15, 0.2) is 53.7 Å². The number of aryl methyl sites for hydroxylation is 1. The van der Waals surface area contributed by atoms with Crippen molar-refractivity contribution >= 4 is 29.3 Å². The van der Waals surface area contributed by atoms with Gasteiger partial charge in [0, 0.05) is 18.4 Å². The molecule has 0 saturated carbocycles.